The van der Waals surface area contributed by atoms with Gasteiger partial charge in [0, 0.05) is 12.5 Å². The highest BCUT2D eigenvalue weighted by atomic mass is 16.5. The van der Waals surface area contributed by atoms with E-state index in [9.17, 15) is 9.59 Å². The Balaban J connectivity index is 1.68. The molecule has 0 spiro atoms. The van der Waals surface area contributed by atoms with Crippen LogP contribution in [0, 0.1) is 0 Å². The summed E-state index contributed by atoms with van der Waals surface area (Å²) in [7, 11) is 0. The highest BCUT2D eigenvalue weighted by molar-refractivity contribution is 5.80. The Labute approximate surface area is 145 Å². The van der Waals surface area contributed by atoms with Gasteiger partial charge in [-0.3, -0.25) is 9.59 Å². The Bertz CT molecular complexity index is 551. The lowest BCUT2D eigenvalue weighted by Crippen LogP contribution is -2.35. The number of carbonyl (C=O) groups excluding carboxylic acids is 2. The van der Waals surface area contributed by atoms with Gasteiger partial charge in [0.2, 0.25) is 0 Å². The molecular formula is C20H29NO3. The van der Waals surface area contributed by atoms with Gasteiger partial charge in [0.05, 0.1) is 0 Å². The highest BCUT2D eigenvalue weighted by Gasteiger charge is 2.18. The lowest BCUT2D eigenvalue weighted by molar-refractivity contribution is -0.148. The maximum absolute atomic E-state index is 11.8. The Kier molecular flexibility index (Phi) is 6.41. The summed E-state index contributed by atoms with van der Waals surface area (Å²) in [6, 6.07) is 8.59. The minimum atomic E-state index is -0.323. The maximum atomic E-state index is 11.8. The van der Waals surface area contributed by atoms with E-state index in [0.717, 1.165) is 18.4 Å². The van der Waals surface area contributed by atoms with Gasteiger partial charge in [0.1, 0.15) is 0 Å². The molecule has 1 aliphatic rings. The van der Waals surface area contributed by atoms with Crippen molar-refractivity contribution in [2.75, 3.05) is 6.61 Å². The smallest absolute Gasteiger partial charge is 0.306 e. The summed E-state index contributed by atoms with van der Waals surface area (Å²) in [6.07, 6.45) is 5.32. The van der Waals surface area contributed by atoms with E-state index in [1.165, 1.54) is 18.4 Å². The van der Waals surface area contributed by atoms with Gasteiger partial charge in [-0.1, -0.05) is 57.9 Å². The average molecular weight is 331 g/mol. The topological polar surface area (TPSA) is 55.4 Å². The van der Waals surface area contributed by atoms with Crippen molar-refractivity contribution in [2.24, 2.45) is 0 Å². The number of nitrogens with one attached hydrogen (secondary N) is 1. The standard InChI is InChI=1S/C20H29NO3/c1-20(2,3)16-11-8-15(9-12-16)10-13-19(23)24-14-18(22)21-17-6-4-5-7-17/h8-9,11-12,17H,4-7,10,13-14H2,1-3H3,(H,21,22). The van der Waals surface area contributed by atoms with Crippen LogP contribution in [-0.4, -0.2) is 24.5 Å². The molecular weight excluding hydrogens is 302 g/mol. The fourth-order valence-electron chi connectivity index (χ4n) is 2.98. The van der Waals surface area contributed by atoms with E-state index in [0.29, 0.717) is 12.8 Å². The Morgan fingerprint density at radius 1 is 1.12 bits per heavy atom. The van der Waals surface area contributed by atoms with E-state index in [4.69, 9.17) is 4.74 Å². The molecule has 0 saturated heterocycles. The van der Waals surface area contributed by atoms with Crippen LogP contribution in [0.3, 0.4) is 0 Å². The normalized spacial score (nSPS) is 15.3. The zero-order chi connectivity index (χ0) is 17.6. The predicted octanol–water partition coefficient (Wildman–Crippen LogP) is 3.52. The molecule has 1 N–H and O–H groups in total. The zero-order valence-corrected chi connectivity index (χ0v) is 15.1. The molecule has 0 aromatic heterocycles. The molecule has 1 amide bonds. The van der Waals surface area contributed by atoms with Crippen molar-refractivity contribution in [3.05, 3.63) is 35.4 Å². The van der Waals surface area contributed by atoms with Crippen molar-refractivity contribution in [1.29, 1.82) is 0 Å². The largest absolute Gasteiger partial charge is 0.456 e. The lowest BCUT2D eigenvalue weighted by Gasteiger charge is -2.19. The minimum absolute atomic E-state index is 0.129. The van der Waals surface area contributed by atoms with Gasteiger partial charge >= 0.3 is 5.97 Å². The van der Waals surface area contributed by atoms with Crippen LogP contribution in [0.5, 0.6) is 0 Å². The molecule has 1 fully saturated rings. The van der Waals surface area contributed by atoms with Crippen LogP contribution in [0.15, 0.2) is 24.3 Å². The number of ether oxygens (including phenoxy) is 1. The van der Waals surface area contributed by atoms with Gasteiger partial charge in [0.15, 0.2) is 6.61 Å². The summed E-state index contributed by atoms with van der Waals surface area (Å²) in [5.41, 5.74) is 2.51. The highest BCUT2D eigenvalue weighted by Crippen LogP contribution is 2.22. The molecule has 0 heterocycles. The first-order valence-electron chi connectivity index (χ1n) is 8.89. The molecule has 2 rings (SSSR count). The first-order valence-corrected chi connectivity index (χ1v) is 8.89. The fraction of sp³-hybridized carbons (Fsp3) is 0.600. The third kappa shape index (κ3) is 5.99. The van der Waals surface area contributed by atoms with Crippen molar-refractivity contribution in [2.45, 2.75) is 70.8 Å². The van der Waals surface area contributed by atoms with Gasteiger partial charge in [0.25, 0.3) is 5.91 Å². The number of rotatable bonds is 6. The number of hydrogen-bond donors (Lipinski definition) is 1. The van der Waals surface area contributed by atoms with Crippen LogP contribution in [0.25, 0.3) is 0 Å². The summed E-state index contributed by atoms with van der Waals surface area (Å²) in [5.74, 6) is -0.513. The minimum Gasteiger partial charge on any atom is -0.456 e. The van der Waals surface area contributed by atoms with E-state index in [-0.39, 0.29) is 29.9 Å². The average Bonchev–Trinajstić information content (AvgIpc) is 3.03. The van der Waals surface area contributed by atoms with Gasteiger partial charge in [-0.25, -0.2) is 0 Å². The van der Waals surface area contributed by atoms with Crippen LogP contribution in [0.4, 0.5) is 0 Å². The molecule has 0 radical (unpaired) electrons. The summed E-state index contributed by atoms with van der Waals surface area (Å²) >= 11 is 0. The molecule has 4 heteroatoms. The molecule has 0 unspecified atom stereocenters. The van der Waals surface area contributed by atoms with Crippen LogP contribution in [0.1, 0.15) is 64.0 Å². The monoisotopic (exact) mass is 331 g/mol. The SMILES string of the molecule is CC(C)(C)c1ccc(CCC(=O)OCC(=O)NC2CCCC2)cc1. The first-order chi connectivity index (χ1) is 11.3. The Hall–Kier alpha value is -1.84. The van der Waals surface area contributed by atoms with Crippen LogP contribution < -0.4 is 5.32 Å². The van der Waals surface area contributed by atoms with Crippen LogP contribution >= 0.6 is 0 Å². The van der Waals surface area contributed by atoms with E-state index in [1.54, 1.807) is 0 Å². The number of carbonyl (C=O) groups is 2. The third-order valence-electron chi connectivity index (χ3n) is 4.52. The lowest BCUT2D eigenvalue weighted by atomic mass is 9.86. The Morgan fingerprint density at radius 3 is 2.33 bits per heavy atom. The predicted molar refractivity (Wildman–Crippen MR) is 94.8 cm³/mol. The van der Waals surface area contributed by atoms with Gasteiger partial charge in [-0.2, -0.15) is 0 Å². The van der Waals surface area contributed by atoms with Gasteiger partial charge in [-0.05, 0) is 35.8 Å². The zero-order valence-electron chi connectivity index (χ0n) is 15.1. The first kappa shape index (κ1) is 18.5. The molecule has 4 nitrogen and oxygen atoms in total. The molecule has 132 valence electrons. The third-order valence-corrected chi connectivity index (χ3v) is 4.52. The van der Waals surface area contributed by atoms with Crippen molar-refractivity contribution in [1.82, 2.24) is 5.32 Å². The molecule has 1 aromatic carbocycles. The summed E-state index contributed by atoms with van der Waals surface area (Å²) in [6.45, 7) is 6.36. The number of esters is 1. The summed E-state index contributed by atoms with van der Waals surface area (Å²) in [5, 5.41) is 2.91. The number of amides is 1. The van der Waals surface area contributed by atoms with Crippen molar-refractivity contribution in [3.63, 3.8) is 0 Å². The van der Waals surface area contributed by atoms with Crippen molar-refractivity contribution < 1.29 is 14.3 Å². The fourth-order valence-corrected chi connectivity index (χ4v) is 2.98. The number of aryl methyl sites for hydroxylation is 1. The summed E-state index contributed by atoms with van der Waals surface area (Å²) in [4.78, 5) is 23.5. The molecule has 24 heavy (non-hydrogen) atoms. The van der Waals surface area contributed by atoms with E-state index in [1.807, 2.05) is 0 Å². The number of benzene rings is 1. The second kappa shape index (κ2) is 8.32. The van der Waals surface area contributed by atoms with Crippen LogP contribution in [-0.2, 0) is 26.2 Å². The van der Waals surface area contributed by atoms with Gasteiger partial charge < -0.3 is 10.1 Å². The van der Waals surface area contributed by atoms with Crippen molar-refractivity contribution >= 4 is 11.9 Å². The van der Waals surface area contributed by atoms with Gasteiger partial charge in [-0.15, -0.1) is 0 Å². The molecule has 1 aromatic rings. The van der Waals surface area contributed by atoms with E-state index >= 15 is 0 Å². The van der Waals surface area contributed by atoms with E-state index in [2.05, 4.69) is 50.4 Å². The van der Waals surface area contributed by atoms with E-state index < -0.39 is 0 Å². The maximum Gasteiger partial charge on any atom is 0.306 e. The molecule has 0 aliphatic heterocycles. The molecule has 0 bridgehead atoms. The molecule has 0 atom stereocenters. The van der Waals surface area contributed by atoms with Crippen LogP contribution in [0.2, 0.25) is 0 Å². The molecule has 1 saturated carbocycles. The second-order valence-corrected chi connectivity index (χ2v) is 7.66. The molecule has 1 aliphatic carbocycles. The summed E-state index contributed by atoms with van der Waals surface area (Å²) < 4.78 is 5.06. The Morgan fingerprint density at radius 2 is 1.75 bits per heavy atom. The second-order valence-electron chi connectivity index (χ2n) is 7.66. The van der Waals surface area contributed by atoms with Crippen molar-refractivity contribution in [3.8, 4) is 0 Å². The quantitative estimate of drug-likeness (QED) is 0.812. The number of hydrogen-bond acceptors (Lipinski definition) is 3.